The number of amides is 1. The van der Waals surface area contributed by atoms with E-state index in [-0.39, 0.29) is 22.8 Å². The molecule has 1 amide bonds. The molecule has 2 fully saturated rings. The van der Waals surface area contributed by atoms with E-state index in [4.69, 9.17) is 4.74 Å². The summed E-state index contributed by atoms with van der Waals surface area (Å²) < 4.78 is 48.3. The van der Waals surface area contributed by atoms with Crippen LogP contribution in [0.4, 0.5) is 13.2 Å². The van der Waals surface area contributed by atoms with Gasteiger partial charge in [-0.2, -0.15) is 0 Å². The third-order valence-corrected chi connectivity index (χ3v) is 9.59. The van der Waals surface area contributed by atoms with Crippen LogP contribution in [0.25, 0.3) is 6.08 Å². The van der Waals surface area contributed by atoms with E-state index >= 15 is 0 Å². The first-order chi connectivity index (χ1) is 19.9. The predicted molar refractivity (Wildman–Crippen MR) is 146 cm³/mol. The predicted octanol–water partition coefficient (Wildman–Crippen LogP) is 4.46. The Hall–Kier alpha value is -4.06. The van der Waals surface area contributed by atoms with Gasteiger partial charge in [0.15, 0.2) is 11.5 Å². The summed E-state index contributed by atoms with van der Waals surface area (Å²) in [5.74, 6) is -0.678. The maximum Gasteiger partial charge on any atom is 0.573 e. The Morgan fingerprint density at radius 1 is 1.33 bits per heavy atom. The van der Waals surface area contributed by atoms with Crippen molar-refractivity contribution in [3.63, 3.8) is 0 Å². The molecule has 5 atom stereocenters. The molecule has 1 saturated heterocycles. The number of piperidine rings is 1. The minimum Gasteiger partial charge on any atom is -0.504 e. The summed E-state index contributed by atoms with van der Waals surface area (Å²) in [6.07, 6.45) is 0.118. The fraction of sp³-hybridized carbons (Fsp3) is 0.433. The van der Waals surface area contributed by atoms with Crippen LogP contribution >= 0.6 is 0 Å². The van der Waals surface area contributed by atoms with E-state index in [1.165, 1.54) is 35.3 Å². The first-order valence-electron chi connectivity index (χ1n) is 13.7. The second kappa shape index (κ2) is 9.75. The number of hydrogen-bond donors (Lipinski definition) is 1. The molecular formula is C30H30F3N3O6. The molecule has 2 heterocycles. The Labute approximate surface area is 240 Å². The maximum atomic E-state index is 13.4. The highest BCUT2D eigenvalue weighted by molar-refractivity contribution is 5.92. The van der Waals surface area contributed by atoms with Crippen molar-refractivity contribution in [3.05, 3.63) is 81.9 Å². The van der Waals surface area contributed by atoms with Crippen molar-refractivity contribution in [3.8, 4) is 17.2 Å². The number of hydrogen-bond acceptors (Lipinski definition) is 7. The smallest absolute Gasteiger partial charge is 0.504 e. The van der Waals surface area contributed by atoms with Gasteiger partial charge in [-0.25, -0.2) is 0 Å². The molecule has 1 N–H and O–H groups in total. The molecule has 42 heavy (non-hydrogen) atoms. The summed E-state index contributed by atoms with van der Waals surface area (Å²) in [6.45, 7) is 4.92. The highest BCUT2D eigenvalue weighted by atomic mass is 19.4. The number of benzene rings is 2. The van der Waals surface area contributed by atoms with E-state index in [9.17, 15) is 33.2 Å². The molecular weight excluding hydrogens is 555 g/mol. The Morgan fingerprint density at radius 3 is 2.83 bits per heavy atom. The van der Waals surface area contributed by atoms with Crippen LogP contribution in [0.5, 0.6) is 17.2 Å². The number of halogens is 3. The van der Waals surface area contributed by atoms with E-state index < -0.39 is 47.2 Å². The normalized spacial score (nSPS) is 29.5. The van der Waals surface area contributed by atoms with Crippen LogP contribution in [0.3, 0.4) is 0 Å². The second-order valence-electron chi connectivity index (χ2n) is 11.4. The van der Waals surface area contributed by atoms with Gasteiger partial charge in [-0.05, 0) is 54.7 Å². The highest BCUT2D eigenvalue weighted by Crippen LogP contribution is 2.66. The number of carbonyl (C=O) groups is 1. The summed E-state index contributed by atoms with van der Waals surface area (Å²) in [5, 5.41) is 24.0. The molecule has 0 aromatic heterocycles. The number of phenols is 1. The summed E-state index contributed by atoms with van der Waals surface area (Å²) >= 11 is 0. The zero-order chi connectivity index (χ0) is 30.0. The number of phenolic OH excluding ortho intramolecular Hbond substituents is 1. The summed E-state index contributed by atoms with van der Waals surface area (Å²) in [6, 6.07) is 7.66. The van der Waals surface area contributed by atoms with E-state index in [0.717, 1.165) is 11.6 Å². The lowest BCUT2D eigenvalue weighted by molar-refractivity contribution is -0.605. The number of nitrogens with zero attached hydrogens (tertiary/aromatic N) is 3. The van der Waals surface area contributed by atoms with Gasteiger partial charge in [-0.3, -0.25) is 19.8 Å². The molecule has 12 heteroatoms. The molecule has 6 rings (SSSR count). The molecule has 2 aliphatic heterocycles. The first kappa shape index (κ1) is 28.1. The van der Waals surface area contributed by atoms with E-state index in [0.29, 0.717) is 43.5 Å². The number of ether oxygens (including phenoxy) is 2. The maximum absolute atomic E-state index is 13.4. The molecule has 4 aliphatic rings. The molecule has 0 unspecified atom stereocenters. The fourth-order valence-electron chi connectivity index (χ4n) is 8.03. The van der Waals surface area contributed by atoms with Crippen molar-refractivity contribution < 1.29 is 37.5 Å². The van der Waals surface area contributed by atoms with Crippen LogP contribution in [0.2, 0.25) is 0 Å². The molecule has 1 saturated carbocycles. The molecule has 222 valence electrons. The van der Waals surface area contributed by atoms with E-state index in [1.54, 1.807) is 19.2 Å². The van der Waals surface area contributed by atoms with Crippen LogP contribution in [-0.2, 0) is 16.6 Å². The molecule has 2 bridgehead atoms. The number of likely N-dealkylation sites (tertiary alicyclic amines) is 1. The number of aromatic hydroxyl groups is 1. The highest BCUT2D eigenvalue weighted by Gasteiger charge is 2.80. The molecule has 9 nitrogen and oxygen atoms in total. The van der Waals surface area contributed by atoms with Gasteiger partial charge in [0.25, 0.3) is 5.54 Å². The van der Waals surface area contributed by atoms with E-state index in [1.807, 2.05) is 6.07 Å². The third kappa shape index (κ3) is 3.98. The minimum absolute atomic E-state index is 0.0877. The molecule has 1 spiro atoms. The minimum atomic E-state index is -4.84. The molecule has 2 aliphatic carbocycles. The van der Waals surface area contributed by atoms with Gasteiger partial charge in [-0.15, -0.1) is 19.8 Å². The van der Waals surface area contributed by atoms with Crippen LogP contribution < -0.4 is 9.47 Å². The fourth-order valence-corrected chi connectivity index (χ4v) is 8.03. The monoisotopic (exact) mass is 585 g/mol. The average Bonchev–Trinajstić information content (AvgIpc) is 3.28. The van der Waals surface area contributed by atoms with Crippen LogP contribution in [0.1, 0.15) is 36.0 Å². The van der Waals surface area contributed by atoms with Crippen molar-refractivity contribution in [2.75, 3.05) is 20.1 Å². The lowest BCUT2D eigenvalue weighted by atomic mass is 9.46. The summed E-state index contributed by atoms with van der Waals surface area (Å²) in [4.78, 5) is 30.0. The summed E-state index contributed by atoms with van der Waals surface area (Å²) in [7, 11) is 1.59. The number of likely N-dealkylation sites (N-methyl/N-ethyl adjacent to an activating group) is 1. The number of rotatable bonds is 7. The third-order valence-electron chi connectivity index (χ3n) is 9.59. The Balaban J connectivity index is 1.35. The van der Waals surface area contributed by atoms with Crippen molar-refractivity contribution in [2.45, 2.75) is 61.2 Å². The number of alkyl halides is 3. The van der Waals surface area contributed by atoms with Crippen LogP contribution in [0.15, 0.2) is 55.1 Å². The Kier molecular flexibility index (Phi) is 6.52. The van der Waals surface area contributed by atoms with E-state index in [2.05, 4.69) is 16.2 Å². The van der Waals surface area contributed by atoms with Gasteiger partial charge in [0.2, 0.25) is 5.91 Å². The van der Waals surface area contributed by atoms with Gasteiger partial charge >= 0.3 is 6.36 Å². The van der Waals surface area contributed by atoms with Crippen LogP contribution in [0, 0.1) is 10.1 Å². The first-order valence-corrected chi connectivity index (χ1v) is 13.7. The van der Waals surface area contributed by atoms with Gasteiger partial charge in [0.05, 0.1) is 12.1 Å². The lowest BCUT2D eigenvalue weighted by Gasteiger charge is -2.61. The molecule has 0 radical (unpaired) electrons. The van der Waals surface area contributed by atoms with Gasteiger partial charge < -0.3 is 19.5 Å². The van der Waals surface area contributed by atoms with Gasteiger partial charge in [-0.1, -0.05) is 24.3 Å². The molecule has 2 aromatic carbocycles. The zero-order valence-electron chi connectivity index (χ0n) is 22.8. The standard InChI is InChI=1S/C30H30F3N3O6/c1-3-14-35-15-13-28-25-19-8-9-22(37)26(25)41-27(28)21(11-12-29(28,36(39)40)23(35)17-19)34(2)24(38)10-7-18-5-4-6-20(16-18)42-30(31,32)33/h3-10,16,21,23,27,37H,1,11-15,17H2,2H3/t21-,23+,27-,28-,29+/m0/s1. The number of carbonyl (C=O) groups excluding carboxylic acids is 1. The number of nitro groups is 1. The largest absolute Gasteiger partial charge is 0.573 e. The quantitative estimate of drug-likeness (QED) is 0.222. The van der Waals surface area contributed by atoms with Crippen molar-refractivity contribution in [2.24, 2.45) is 0 Å². The second-order valence-corrected chi connectivity index (χ2v) is 11.4. The average molecular weight is 586 g/mol. The van der Waals surface area contributed by atoms with Crippen molar-refractivity contribution in [1.29, 1.82) is 0 Å². The van der Waals surface area contributed by atoms with Gasteiger partial charge in [0.1, 0.15) is 17.3 Å². The summed E-state index contributed by atoms with van der Waals surface area (Å²) in [5.41, 5.74) is -0.541. The zero-order valence-corrected chi connectivity index (χ0v) is 22.8. The van der Waals surface area contributed by atoms with Gasteiger partial charge in [0, 0.05) is 43.1 Å². The molecule has 2 aromatic rings. The SMILES string of the molecule is C=CCN1CC[C@]23c4c5ccc(O)c4O[C@H]2[C@@H](N(C)C(=O)C=Cc2cccc(OC(F)(F)F)c2)CC[C@@]3([N+](=O)[O-])[C@H]1C5. The topological polar surface area (TPSA) is 105 Å². The van der Waals surface area contributed by atoms with Crippen LogP contribution in [-0.4, -0.2) is 76.0 Å². The van der Waals surface area contributed by atoms with Crippen molar-refractivity contribution >= 4 is 12.0 Å². The Morgan fingerprint density at radius 2 is 2.12 bits per heavy atom. The lowest BCUT2D eigenvalue weighted by Crippen LogP contribution is -2.80. The Bertz CT molecular complexity index is 1500. The van der Waals surface area contributed by atoms with Crippen molar-refractivity contribution in [1.82, 2.24) is 9.80 Å².